The van der Waals surface area contributed by atoms with Crippen LogP contribution in [-0.2, 0) is 12.7 Å². The maximum absolute atomic E-state index is 12.6. The van der Waals surface area contributed by atoms with Gasteiger partial charge in [0.1, 0.15) is 17.1 Å². The van der Waals surface area contributed by atoms with Crippen LogP contribution in [0.15, 0.2) is 23.6 Å². The highest BCUT2D eigenvalue weighted by Gasteiger charge is 2.33. The predicted octanol–water partition coefficient (Wildman–Crippen LogP) is 3.78. The molecule has 112 valence electrons. The number of pyridine rings is 1. The van der Waals surface area contributed by atoms with E-state index in [-0.39, 0.29) is 17.9 Å². The smallest absolute Gasteiger partial charge is 0.433 e. The molecule has 0 aliphatic rings. The van der Waals surface area contributed by atoms with E-state index in [1.165, 1.54) is 11.3 Å². The molecular weight excluding hydrogens is 305 g/mol. The molecule has 0 spiro atoms. The van der Waals surface area contributed by atoms with Crippen molar-refractivity contribution in [2.24, 2.45) is 0 Å². The Morgan fingerprint density at radius 1 is 1.38 bits per heavy atom. The van der Waals surface area contributed by atoms with Crippen molar-refractivity contribution in [1.29, 1.82) is 0 Å². The molecular formula is C13H11F3N2O2S. The van der Waals surface area contributed by atoms with Crippen LogP contribution in [-0.4, -0.2) is 16.1 Å². The van der Waals surface area contributed by atoms with Crippen molar-refractivity contribution in [3.05, 3.63) is 45.3 Å². The normalized spacial score (nSPS) is 11.4. The van der Waals surface area contributed by atoms with Crippen LogP contribution in [0.25, 0.3) is 0 Å². The maximum Gasteiger partial charge on any atom is 0.433 e. The van der Waals surface area contributed by atoms with E-state index in [4.69, 9.17) is 5.11 Å². The number of carbonyl (C=O) groups is 1. The number of aromatic nitrogens is 1. The number of aryl methyl sites for hydroxylation is 1. The Kier molecular flexibility index (Phi) is 4.17. The highest BCUT2D eigenvalue weighted by molar-refractivity contribution is 7.10. The standard InChI is InChI=1S/C13H11F3N2O2S/c1-7-4-5-21-9(7)6-17-11-8(12(19)20)2-3-10(18-11)13(14,15)16/h2-5H,6H2,1H3,(H,17,18)(H,19,20). The van der Waals surface area contributed by atoms with Gasteiger partial charge in [0.15, 0.2) is 0 Å². The van der Waals surface area contributed by atoms with E-state index in [1.807, 2.05) is 18.4 Å². The molecule has 0 aliphatic carbocycles. The van der Waals surface area contributed by atoms with Gasteiger partial charge in [-0.15, -0.1) is 11.3 Å². The van der Waals surface area contributed by atoms with E-state index >= 15 is 0 Å². The van der Waals surface area contributed by atoms with E-state index < -0.39 is 17.8 Å². The zero-order valence-electron chi connectivity index (χ0n) is 10.9. The first-order valence-corrected chi connectivity index (χ1v) is 6.75. The van der Waals surface area contributed by atoms with E-state index in [0.29, 0.717) is 6.07 Å². The van der Waals surface area contributed by atoms with Crippen LogP contribution in [0, 0.1) is 6.92 Å². The van der Waals surface area contributed by atoms with Gasteiger partial charge in [0, 0.05) is 4.88 Å². The molecule has 2 heterocycles. The Labute approximate surface area is 122 Å². The summed E-state index contributed by atoms with van der Waals surface area (Å²) in [6.07, 6.45) is -4.62. The molecule has 21 heavy (non-hydrogen) atoms. The molecule has 0 radical (unpaired) electrons. The second-order valence-corrected chi connectivity index (χ2v) is 5.28. The largest absolute Gasteiger partial charge is 0.478 e. The lowest BCUT2D eigenvalue weighted by Gasteiger charge is -2.12. The summed E-state index contributed by atoms with van der Waals surface area (Å²) in [5.41, 5.74) is -0.438. The fraction of sp³-hybridized carbons (Fsp3) is 0.231. The Balaban J connectivity index is 2.31. The van der Waals surface area contributed by atoms with Gasteiger partial charge in [0.2, 0.25) is 0 Å². The van der Waals surface area contributed by atoms with Crippen LogP contribution in [0.5, 0.6) is 0 Å². The number of rotatable bonds is 4. The molecule has 2 N–H and O–H groups in total. The molecule has 0 fully saturated rings. The molecule has 0 amide bonds. The average molecular weight is 316 g/mol. The fourth-order valence-electron chi connectivity index (χ4n) is 1.67. The Bertz CT molecular complexity index is 668. The molecule has 0 saturated heterocycles. The number of alkyl halides is 3. The topological polar surface area (TPSA) is 62.2 Å². The van der Waals surface area contributed by atoms with E-state index in [2.05, 4.69) is 10.3 Å². The zero-order valence-corrected chi connectivity index (χ0v) is 11.7. The molecule has 0 aliphatic heterocycles. The number of carboxylic acid groups (broad SMARTS) is 1. The monoisotopic (exact) mass is 316 g/mol. The minimum atomic E-state index is -4.62. The summed E-state index contributed by atoms with van der Waals surface area (Å²) in [6, 6.07) is 3.44. The molecule has 0 saturated carbocycles. The second-order valence-electron chi connectivity index (χ2n) is 4.28. The van der Waals surface area contributed by atoms with Crippen LogP contribution < -0.4 is 5.32 Å². The van der Waals surface area contributed by atoms with Gasteiger partial charge in [0.05, 0.1) is 6.54 Å². The van der Waals surface area contributed by atoms with E-state index in [1.54, 1.807) is 0 Å². The fourth-order valence-corrected chi connectivity index (χ4v) is 2.52. The third-order valence-corrected chi connectivity index (χ3v) is 3.82. The number of halogens is 3. The van der Waals surface area contributed by atoms with Gasteiger partial charge in [-0.3, -0.25) is 0 Å². The quantitative estimate of drug-likeness (QED) is 0.901. The summed E-state index contributed by atoms with van der Waals surface area (Å²) >= 11 is 1.43. The molecule has 2 aromatic rings. The first kappa shape index (κ1) is 15.3. The van der Waals surface area contributed by atoms with Crippen molar-refractivity contribution < 1.29 is 23.1 Å². The minimum Gasteiger partial charge on any atom is -0.478 e. The Hall–Kier alpha value is -2.09. The molecule has 0 unspecified atom stereocenters. The molecule has 4 nitrogen and oxygen atoms in total. The highest BCUT2D eigenvalue weighted by atomic mass is 32.1. The number of carboxylic acids is 1. The van der Waals surface area contributed by atoms with Crippen LogP contribution in [0.4, 0.5) is 19.0 Å². The summed E-state index contributed by atoms with van der Waals surface area (Å²) in [4.78, 5) is 15.3. The molecule has 2 rings (SSSR count). The van der Waals surface area contributed by atoms with E-state index in [9.17, 15) is 18.0 Å². The van der Waals surface area contributed by atoms with Crippen LogP contribution in [0.2, 0.25) is 0 Å². The van der Waals surface area contributed by atoms with Crippen molar-refractivity contribution in [3.63, 3.8) is 0 Å². The number of thiophene rings is 1. The van der Waals surface area contributed by atoms with Crippen LogP contribution in [0.1, 0.15) is 26.5 Å². The molecule has 2 aromatic heterocycles. The van der Waals surface area contributed by atoms with Crippen molar-refractivity contribution in [2.45, 2.75) is 19.6 Å². The molecule has 0 aromatic carbocycles. The van der Waals surface area contributed by atoms with Crippen molar-refractivity contribution in [3.8, 4) is 0 Å². The van der Waals surface area contributed by atoms with Crippen LogP contribution >= 0.6 is 11.3 Å². The molecule has 8 heteroatoms. The van der Waals surface area contributed by atoms with Crippen LogP contribution in [0.3, 0.4) is 0 Å². The highest BCUT2D eigenvalue weighted by Crippen LogP contribution is 2.30. The Morgan fingerprint density at radius 2 is 2.10 bits per heavy atom. The first-order chi connectivity index (χ1) is 9.79. The second kappa shape index (κ2) is 5.72. The van der Waals surface area contributed by atoms with Gasteiger partial charge < -0.3 is 10.4 Å². The number of hydrogen-bond acceptors (Lipinski definition) is 4. The maximum atomic E-state index is 12.6. The summed E-state index contributed by atoms with van der Waals surface area (Å²) in [6.45, 7) is 2.09. The van der Waals surface area contributed by atoms with Crippen molar-refractivity contribution in [2.75, 3.05) is 5.32 Å². The lowest BCUT2D eigenvalue weighted by Crippen LogP contribution is -2.14. The minimum absolute atomic E-state index is 0.220. The zero-order chi connectivity index (χ0) is 15.6. The van der Waals surface area contributed by atoms with Gasteiger partial charge in [-0.25, -0.2) is 9.78 Å². The molecule has 0 atom stereocenters. The first-order valence-electron chi connectivity index (χ1n) is 5.87. The van der Waals surface area contributed by atoms with Gasteiger partial charge in [-0.2, -0.15) is 13.2 Å². The molecule has 0 bridgehead atoms. The number of nitrogens with one attached hydrogen (secondary N) is 1. The Morgan fingerprint density at radius 3 is 2.62 bits per heavy atom. The van der Waals surface area contributed by atoms with Gasteiger partial charge >= 0.3 is 12.1 Å². The van der Waals surface area contributed by atoms with Gasteiger partial charge in [-0.05, 0) is 36.1 Å². The van der Waals surface area contributed by atoms with E-state index in [0.717, 1.165) is 16.5 Å². The van der Waals surface area contributed by atoms with Gasteiger partial charge in [0.25, 0.3) is 0 Å². The lowest BCUT2D eigenvalue weighted by atomic mass is 10.2. The summed E-state index contributed by atoms with van der Waals surface area (Å²) in [5.74, 6) is -1.62. The average Bonchev–Trinajstić information content (AvgIpc) is 2.80. The van der Waals surface area contributed by atoms with Gasteiger partial charge in [-0.1, -0.05) is 0 Å². The summed E-state index contributed by atoms with van der Waals surface area (Å²) < 4.78 is 37.9. The van der Waals surface area contributed by atoms with Crippen molar-refractivity contribution in [1.82, 2.24) is 4.98 Å². The third kappa shape index (κ3) is 3.52. The predicted molar refractivity (Wildman–Crippen MR) is 72.6 cm³/mol. The number of nitrogens with zero attached hydrogens (tertiary/aromatic N) is 1. The summed E-state index contributed by atoms with van der Waals surface area (Å²) in [5, 5.41) is 13.5. The number of hydrogen-bond donors (Lipinski definition) is 2. The lowest BCUT2D eigenvalue weighted by molar-refractivity contribution is -0.141. The summed E-state index contributed by atoms with van der Waals surface area (Å²) in [7, 11) is 0. The SMILES string of the molecule is Cc1ccsc1CNc1nc(C(F)(F)F)ccc1C(=O)O. The van der Waals surface area contributed by atoms with Crippen molar-refractivity contribution >= 4 is 23.1 Å². The third-order valence-electron chi connectivity index (χ3n) is 2.80. The number of anilines is 1. The number of aromatic carboxylic acids is 1.